The van der Waals surface area contributed by atoms with Gasteiger partial charge in [0.05, 0.1) is 6.61 Å². The van der Waals surface area contributed by atoms with Crippen LogP contribution >= 0.6 is 20.2 Å². The number of carboxylic acid groups (broad SMARTS) is 1. The number of hydrogen-bond donors (Lipinski definition) is 2. The highest BCUT2D eigenvalue weighted by atomic mass is 32.2. The van der Waals surface area contributed by atoms with Crippen molar-refractivity contribution < 1.29 is 33.8 Å². The molecule has 1 aromatic carbocycles. The van der Waals surface area contributed by atoms with Crippen LogP contribution in [-0.4, -0.2) is 58.6 Å². The SMILES string of the molecule is CCCCCCCCCCOC(COc1ccc(C(C)(C)C)cc1)COC(SCCCCCCCC)C(O)(P=O)C(=O)O. The molecule has 0 saturated carbocycles. The molecular weight excluding hydrogens is 583 g/mol. The highest BCUT2D eigenvalue weighted by Crippen LogP contribution is 2.35. The molecule has 0 aromatic heterocycles. The molecule has 0 fully saturated rings. The molecule has 7 nitrogen and oxygen atoms in total. The molecule has 1 rings (SSSR count). The summed E-state index contributed by atoms with van der Waals surface area (Å²) in [5, 5.41) is 17.9. The molecule has 9 heteroatoms. The predicted molar refractivity (Wildman–Crippen MR) is 179 cm³/mol. The number of thioether (sulfide) groups is 1. The fourth-order valence-electron chi connectivity index (χ4n) is 4.60. The largest absolute Gasteiger partial charge is 0.491 e. The Balaban J connectivity index is 2.79. The summed E-state index contributed by atoms with van der Waals surface area (Å²) in [4.78, 5) is 11.9. The Morgan fingerprint density at radius 2 is 1.35 bits per heavy atom. The number of unbranched alkanes of at least 4 members (excludes halogenated alkanes) is 12. The molecule has 0 amide bonds. The summed E-state index contributed by atoms with van der Waals surface area (Å²) in [6.45, 7) is 11.6. The number of aliphatic carboxylic acids is 1. The fourth-order valence-corrected chi connectivity index (χ4v) is 6.29. The van der Waals surface area contributed by atoms with E-state index in [1.54, 1.807) is 0 Å². The standard InChI is InChI=1S/C34H59O7PS/c1-6-8-10-12-14-15-16-18-24-39-30(26-40-29-22-20-28(21-23-29)33(3,4)5)27-41-32(34(37,42-38)31(35)36)43-25-19-17-13-11-9-7-2/h20-23,30,32,37H,6-19,24-27H2,1-5H3,(H,35,36). The van der Waals surface area contributed by atoms with Crippen LogP contribution in [0.5, 0.6) is 5.75 Å². The predicted octanol–water partition coefficient (Wildman–Crippen LogP) is 9.39. The van der Waals surface area contributed by atoms with Gasteiger partial charge in [-0.15, -0.1) is 11.8 Å². The van der Waals surface area contributed by atoms with Gasteiger partial charge in [0.25, 0.3) is 5.34 Å². The Hall–Kier alpha value is -1.18. The molecule has 0 aliphatic rings. The number of carboxylic acids is 1. The minimum atomic E-state index is -2.54. The second-order valence-electron chi connectivity index (χ2n) is 12.5. The average molecular weight is 643 g/mol. The summed E-state index contributed by atoms with van der Waals surface area (Å²) in [5.74, 6) is -0.263. The third kappa shape index (κ3) is 17.2. The molecule has 248 valence electrons. The fraction of sp³-hybridized carbons (Fsp3) is 0.794. The Bertz CT molecular complexity index is 861. The van der Waals surface area contributed by atoms with Gasteiger partial charge in [-0.2, -0.15) is 0 Å². The number of hydrogen-bond acceptors (Lipinski definition) is 7. The maximum absolute atomic E-state index is 11.9. The number of rotatable bonds is 27. The van der Waals surface area contributed by atoms with E-state index >= 15 is 0 Å². The van der Waals surface area contributed by atoms with Crippen LogP contribution < -0.4 is 4.74 Å². The first kappa shape index (κ1) is 39.8. The Morgan fingerprint density at radius 1 is 0.814 bits per heavy atom. The average Bonchev–Trinajstić information content (AvgIpc) is 2.98. The molecule has 0 aliphatic carbocycles. The summed E-state index contributed by atoms with van der Waals surface area (Å²) < 4.78 is 30.0. The third-order valence-electron chi connectivity index (χ3n) is 7.49. The topological polar surface area (TPSA) is 102 Å². The Labute approximate surface area is 267 Å². The molecule has 43 heavy (non-hydrogen) atoms. The smallest absolute Gasteiger partial charge is 0.351 e. The van der Waals surface area contributed by atoms with Crippen LogP contribution in [0.1, 0.15) is 130 Å². The second-order valence-corrected chi connectivity index (χ2v) is 14.5. The number of benzene rings is 1. The van der Waals surface area contributed by atoms with Gasteiger partial charge in [-0.1, -0.05) is 124 Å². The molecule has 0 aliphatic heterocycles. The molecule has 3 unspecified atom stereocenters. The first-order chi connectivity index (χ1) is 20.6. The normalized spacial score (nSPS) is 14.8. The van der Waals surface area contributed by atoms with Crippen LogP contribution in [0.15, 0.2) is 24.3 Å². The number of aliphatic hydroxyl groups is 1. The van der Waals surface area contributed by atoms with E-state index in [9.17, 15) is 19.6 Å². The van der Waals surface area contributed by atoms with E-state index in [2.05, 4.69) is 46.8 Å². The highest BCUT2D eigenvalue weighted by Gasteiger charge is 2.47. The number of ether oxygens (including phenoxy) is 3. The van der Waals surface area contributed by atoms with Crippen molar-refractivity contribution in [3.63, 3.8) is 0 Å². The van der Waals surface area contributed by atoms with E-state index in [0.29, 0.717) is 18.1 Å². The molecule has 0 bridgehead atoms. The summed E-state index contributed by atoms with van der Waals surface area (Å²) in [6, 6.07) is 7.99. The summed E-state index contributed by atoms with van der Waals surface area (Å²) in [6.07, 6.45) is 15.6. The van der Waals surface area contributed by atoms with Crippen molar-refractivity contribution in [2.75, 3.05) is 25.6 Å². The second kappa shape index (κ2) is 23.2. The minimum absolute atomic E-state index is 0.0103. The van der Waals surface area contributed by atoms with Crippen LogP contribution in [0, 0.1) is 0 Å². The van der Waals surface area contributed by atoms with Gasteiger partial charge in [0.1, 0.15) is 18.5 Å². The van der Waals surface area contributed by atoms with Gasteiger partial charge in [0, 0.05) is 6.61 Å². The zero-order valence-electron chi connectivity index (χ0n) is 27.5. The van der Waals surface area contributed by atoms with E-state index in [4.69, 9.17) is 14.2 Å². The molecule has 0 saturated heterocycles. The lowest BCUT2D eigenvalue weighted by Gasteiger charge is -2.28. The first-order valence-electron chi connectivity index (χ1n) is 16.5. The zero-order chi connectivity index (χ0) is 32.0. The molecule has 0 spiro atoms. The Kier molecular flexibility index (Phi) is 21.5. The lowest BCUT2D eigenvalue weighted by Crippen LogP contribution is -2.46. The maximum Gasteiger partial charge on any atom is 0.351 e. The van der Waals surface area contributed by atoms with E-state index in [1.165, 1.54) is 75.1 Å². The summed E-state index contributed by atoms with van der Waals surface area (Å²) >= 11 is 1.19. The molecular formula is C34H59O7PS. The van der Waals surface area contributed by atoms with Gasteiger partial charge in [-0.3, -0.25) is 4.57 Å². The van der Waals surface area contributed by atoms with Crippen LogP contribution in [0.4, 0.5) is 0 Å². The van der Waals surface area contributed by atoms with E-state index in [-0.39, 0.29) is 18.6 Å². The van der Waals surface area contributed by atoms with E-state index in [1.807, 2.05) is 12.1 Å². The molecule has 1 aromatic rings. The highest BCUT2D eigenvalue weighted by molar-refractivity contribution is 8.00. The van der Waals surface area contributed by atoms with Gasteiger partial charge in [-0.05, 0) is 41.7 Å². The van der Waals surface area contributed by atoms with Crippen molar-refractivity contribution in [2.45, 2.75) is 147 Å². The summed E-state index contributed by atoms with van der Waals surface area (Å²) in [5.41, 5.74) is 0.0404. The lowest BCUT2D eigenvalue weighted by molar-refractivity contribution is -0.157. The Morgan fingerprint density at radius 3 is 1.86 bits per heavy atom. The van der Waals surface area contributed by atoms with Gasteiger partial charge in [0.2, 0.25) is 8.46 Å². The first-order valence-corrected chi connectivity index (χ1v) is 18.3. The number of carbonyl (C=O) groups is 1. The van der Waals surface area contributed by atoms with Crippen molar-refractivity contribution in [3.8, 4) is 5.75 Å². The van der Waals surface area contributed by atoms with Crippen molar-refractivity contribution in [1.29, 1.82) is 0 Å². The maximum atomic E-state index is 11.9. The van der Waals surface area contributed by atoms with Crippen LogP contribution in [0.25, 0.3) is 0 Å². The van der Waals surface area contributed by atoms with Crippen molar-refractivity contribution in [2.24, 2.45) is 0 Å². The zero-order valence-corrected chi connectivity index (χ0v) is 29.2. The summed E-state index contributed by atoms with van der Waals surface area (Å²) in [7, 11) is -0.906. The van der Waals surface area contributed by atoms with Gasteiger partial charge < -0.3 is 24.4 Å². The van der Waals surface area contributed by atoms with Gasteiger partial charge >= 0.3 is 5.97 Å². The monoisotopic (exact) mass is 642 g/mol. The van der Waals surface area contributed by atoms with Crippen LogP contribution in [0.3, 0.4) is 0 Å². The molecule has 0 radical (unpaired) electrons. The lowest BCUT2D eigenvalue weighted by atomic mass is 9.87. The van der Waals surface area contributed by atoms with Crippen molar-refractivity contribution >= 4 is 26.2 Å². The molecule has 3 atom stereocenters. The van der Waals surface area contributed by atoms with Crippen molar-refractivity contribution in [3.05, 3.63) is 29.8 Å². The molecule has 0 heterocycles. The van der Waals surface area contributed by atoms with Gasteiger partial charge in [0.15, 0.2) is 5.44 Å². The third-order valence-corrected chi connectivity index (χ3v) is 9.67. The quantitative estimate of drug-likeness (QED) is 0.0556. The molecule has 2 N–H and O–H groups in total. The van der Waals surface area contributed by atoms with E-state index < -0.39 is 31.3 Å². The van der Waals surface area contributed by atoms with Crippen LogP contribution in [-0.2, 0) is 24.2 Å². The van der Waals surface area contributed by atoms with Gasteiger partial charge in [-0.25, -0.2) is 4.79 Å². The van der Waals surface area contributed by atoms with Crippen molar-refractivity contribution in [1.82, 2.24) is 0 Å². The van der Waals surface area contributed by atoms with E-state index in [0.717, 1.165) is 32.1 Å². The minimum Gasteiger partial charge on any atom is -0.491 e. The van der Waals surface area contributed by atoms with Crippen LogP contribution in [0.2, 0.25) is 0 Å².